The van der Waals surface area contributed by atoms with Crippen LogP contribution >= 0.6 is 0 Å². The molecular formula is C14H13F3N2O3S. The maximum atomic E-state index is 12.8. The van der Waals surface area contributed by atoms with E-state index in [1.165, 1.54) is 31.4 Å². The molecule has 0 heterocycles. The summed E-state index contributed by atoms with van der Waals surface area (Å²) in [4.78, 5) is -0.108. The lowest BCUT2D eigenvalue weighted by Crippen LogP contribution is -2.15. The van der Waals surface area contributed by atoms with Gasteiger partial charge in [-0.2, -0.15) is 13.2 Å². The molecule has 2 aromatic rings. The van der Waals surface area contributed by atoms with Crippen molar-refractivity contribution in [3.8, 4) is 5.75 Å². The number of nitrogen functional groups attached to an aromatic ring is 1. The first-order chi connectivity index (χ1) is 10.6. The van der Waals surface area contributed by atoms with Crippen LogP contribution in [0.15, 0.2) is 47.4 Å². The molecule has 3 N–H and O–H groups in total. The van der Waals surface area contributed by atoms with E-state index in [1.54, 1.807) is 0 Å². The fraction of sp³-hybridized carbons (Fsp3) is 0.143. The predicted octanol–water partition coefficient (Wildman–Crippen LogP) is 3.10. The quantitative estimate of drug-likeness (QED) is 0.834. The summed E-state index contributed by atoms with van der Waals surface area (Å²) in [7, 11) is -2.60. The number of halogens is 3. The van der Waals surface area contributed by atoms with Crippen molar-refractivity contribution in [2.24, 2.45) is 0 Å². The number of methoxy groups -OCH3 is 1. The van der Waals surface area contributed by atoms with Crippen LogP contribution in [-0.4, -0.2) is 15.5 Å². The van der Waals surface area contributed by atoms with Gasteiger partial charge in [0.25, 0.3) is 10.0 Å². The van der Waals surface area contributed by atoms with Crippen molar-refractivity contribution >= 4 is 21.4 Å². The molecule has 2 rings (SSSR count). The highest BCUT2D eigenvalue weighted by atomic mass is 32.2. The van der Waals surface area contributed by atoms with Crippen LogP contribution in [0.4, 0.5) is 24.5 Å². The smallest absolute Gasteiger partial charge is 0.418 e. The number of nitrogens with one attached hydrogen (secondary N) is 1. The average Bonchev–Trinajstić information content (AvgIpc) is 2.48. The molecule has 5 nitrogen and oxygen atoms in total. The Hall–Kier alpha value is -2.42. The zero-order valence-corrected chi connectivity index (χ0v) is 12.7. The molecule has 9 heteroatoms. The van der Waals surface area contributed by atoms with Crippen molar-refractivity contribution in [2.45, 2.75) is 11.1 Å². The fourth-order valence-electron chi connectivity index (χ4n) is 1.83. The van der Waals surface area contributed by atoms with Crippen molar-refractivity contribution in [1.82, 2.24) is 0 Å². The first-order valence-corrected chi connectivity index (χ1v) is 7.75. The molecule has 0 bridgehead atoms. The third-order valence-corrected chi connectivity index (χ3v) is 4.38. The van der Waals surface area contributed by atoms with Crippen LogP contribution in [0.3, 0.4) is 0 Å². The summed E-state index contributed by atoms with van der Waals surface area (Å²) in [5.74, 6) is 0.454. The van der Waals surface area contributed by atoms with Gasteiger partial charge in [0.1, 0.15) is 5.75 Å². The van der Waals surface area contributed by atoms with Crippen LogP contribution in [0.1, 0.15) is 5.56 Å². The van der Waals surface area contributed by atoms with Gasteiger partial charge < -0.3 is 10.5 Å². The van der Waals surface area contributed by atoms with Gasteiger partial charge in [0.05, 0.1) is 17.6 Å². The van der Waals surface area contributed by atoms with Gasteiger partial charge >= 0.3 is 6.18 Å². The third-order valence-electron chi connectivity index (χ3n) is 2.98. The normalized spacial score (nSPS) is 12.0. The Morgan fingerprint density at radius 3 is 2.22 bits per heavy atom. The molecule has 0 fully saturated rings. The van der Waals surface area contributed by atoms with Gasteiger partial charge in [-0.05, 0) is 42.5 Å². The number of sulfonamides is 1. The van der Waals surface area contributed by atoms with E-state index in [-0.39, 0.29) is 10.6 Å². The summed E-state index contributed by atoms with van der Waals surface area (Å²) in [6.45, 7) is 0. The zero-order chi connectivity index (χ0) is 17.3. The van der Waals surface area contributed by atoms with Gasteiger partial charge in [0.2, 0.25) is 0 Å². The number of rotatable bonds is 4. The lowest BCUT2D eigenvalue weighted by molar-refractivity contribution is -0.136. The van der Waals surface area contributed by atoms with Gasteiger partial charge in [-0.25, -0.2) is 8.42 Å². The van der Waals surface area contributed by atoms with Gasteiger partial charge in [-0.3, -0.25) is 4.72 Å². The van der Waals surface area contributed by atoms with Crippen molar-refractivity contribution in [3.05, 3.63) is 48.0 Å². The molecule has 0 saturated carbocycles. The second-order valence-corrected chi connectivity index (χ2v) is 6.26. The molecule has 0 aliphatic rings. The Kier molecular flexibility index (Phi) is 4.42. The Morgan fingerprint density at radius 2 is 1.70 bits per heavy atom. The molecule has 0 amide bonds. The molecule has 0 atom stereocenters. The maximum absolute atomic E-state index is 12.8. The van der Waals surface area contributed by atoms with E-state index in [2.05, 4.69) is 4.72 Å². The molecule has 0 unspecified atom stereocenters. The number of anilines is 2. The molecule has 124 valence electrons. The summed E-state index contributed by atoms with van der Waals surface area (Å²) in [6.07, 6.45) is -4.67. The van der Waals surface area contributed by atoms with Crippen LogP contribution in [0.2, 0.25) is 0 Å². The van der Waals surface area contributed by atoms with Gasteiger partial charge in [-0.1, -0.05) is 0 Å². The largest absolute Gasteiger partial charge is 0.497 e. The maximum Gasteiger partial charge on any atom is 0.418 e. The minimum Gasteiger partial charge on any atom is -0.497 e. The second-order valence-electron chi connectivity index (χ2n) is 4.58. The highest BCUT2D eigenvalue weighted by molar-refractivity contribution is 7.92. The van der Waals surface area contributed by atoms with Crippen molar-refractivity contribution < 1.29 is 26.3 Å². The summed E-state index contributed by atoms with van der Waals surface area (Å²) >= 11 is 0. The minimum atomic E-state index is -4.67. The summed E-state index contributed by atoms with van der Waals surface area (Å²) in [5.41, 5.74) is 3.45. The number of hydrogen-bond donors (Lipinski definition) is 2. The molecule has 0 saturated heterocycles. The molecule has 2 aromatic carbocycles. The molecule has 0 spiro atoms. The van der Waals surface area contributed by atoms with E-state index in [9.17, 15) is 21.6 Å². The van der Waals surface area contributed by atoms with Crippen molar-refractivity contribution in [1.29, 1.82) is 0 Å². The number of ether oxygens (including phenoxy) is 1. The Balaban J connectivity index is 2.33. The Morgan fingerprint density at radius 1 is 1.09 bits per heavy atom. The van der Waals surface area contributed by atoms with E-state index in [1.807, 2.05) is 0 Å². The zero-order valence-electron chi connectivity index (χ0n) is 11.9. The highest BCUT2D eigenvalue weighted by Crippen LogP contribution is 2.35. The van der Waals surface area contributed by atoms with Crippen LogP contribution in [-0.2, 0) is 16.2 Å². The topological polar surface area (TPSA) is 81.4 Å². The van der Waals surface area contributed by atoms with E-state index in [0.717, 1.165) is 12.1 Å². The second kappa shape index (κ2) is 5.99. The summed E-state index contributed by atoms with van der Waals surface area (Å²) < 4.78 is 69.8. The standard InChI is InChI=1S/C14H13F3N2O3S/c1-22-10-3-5-11(6-4-10)23(20,21)19-9-2-7-13(18)12(8-9)14(15,16)17/h2-8,19H,18H2,1H3. The van der Waals surface area contributed by atoms with E-state index >= 15 is 0 Å². The van der Waals surface area contributed by atoms with Gasteiger partial charge in [-0.15, -0.1) is 0 Å². The van der Waals surface area contributed by atoms with Gasteiger partial charge in [0.15, 0.2) is 0 Å². The summed E-state index contributed by atoms with van der Waals surface area (Å²) in [6, 6.07) is 8.22. The van der Waals surface area contributed by atoms with Crippen molar-refractivity contribution in [3.63, 3.8) is 0 Å². The molecular weight excluding hydrogens is 333 g/mol. The third kappa shape index (κ3) is 3.86. The Labute approximate surface area is 130 Å². The number of hydrogen-bond acceptors (Lipinski definition) is 4. The van der Waals surface area contributed by atoms with E-state index in [0.29, 0.717) is 11.8 Å². The van der Waals surface area contributed by atoms with Gasteiger partial charge in [0, 0.05) is 11.4 Å². The minimum absolute atomic E-state index is 0.108. The molecule has 0 aliphatic carbocycles. The Bertz CT molecular complexity index is 803. The van der Waals surface area contributed by atoms with E-state index < -0.39 is 27.5 Å². The van der Waals surface area contributed by atoms with Crippen LogP contribution in [0, 0.1) is 0 Å². The lowest BCUT2D eigenvalue weighted by Gasteiger charge is -2.13. The van der Waals surface area contributed by atoms with Crippen LogP contribution in [0.25, 0.3) is 0 Å². The fourth-order valence-corrected chi connectivity index (χ4v) is 2.88. The number of benzene rings is 2. The van der Waals surface area contributed by atoms with Crippen molar-refractivity contribution in [2.75, 3.05) is 17.6 Å². The van der Waals surface area contributed by atoms with E-state index in [4.69, 9.17) is 10.5 Å². The average molecular weight is 346 g/mol. The van der Waals surface area contributed by atoms with Crippen LogP contribution in [0.5, 0.6) is 5.75 Å². The number of alkyl halides is 3. The molecule has 23 heavy (non-hydrogen) atoms. The predicted molar refractivity (Wildman–Crippen MR) is 79.7 cm³/mol. The molecule has 0 aromatic heterocycles. The highest BCUT2D eigenvalue weighted by Gasteiger charge is 2.33. The monoisotopic (exact) mass is 346 g/mol. The first-order valence-electron chi connectivity index (χ1n) is 6.27. The van der Waals surface area contributed by atoms with Crippen LogP contribution < -0.4 is 15.2 Å². The summed E-state index contributed by atoms with van der Waals surface area (Å²) in [5, 5.41) is 0. The molecule has 0 radical (unpaired) electrons. The number of nitrogens with two attached hydrogens (primary N) is 1. The molecule has 0 aliphatic heterocycles. The first kappa shape index (κ1) is 16.9. The SMILES string of the molecule is COc1ccc(S(=O)(=O)Nc2ccc(N)c(C(F)(F)F)c2)cc1. The lowest BCUT2D eigenvalue weighted by atomic mass is 10.1.